The molecule has 0 radical (unpaired) electrons. The molecule has 2 aromatic heterocycles. The second kappa shape index (κ2) is 7.69. The molecule has 2 N–H and O–H groups in total. The Kier molecular flexibility index (Phi) is 5.36. The molecule has 26 heavy (non-hydrogen) atoms. The van der Waals surface area contributed by atoms with E-state index in [9.17, 15) is 9.59 Å². The molecule has 0 saturated carbocycles. The molecule has 0 bridgehead atoms. The predicted molar refractivity (Wildman–Crippen MR) is 96.7 cm³/mol. The number of amides is 2. The number of nitrogens with one attached hydrogen (secondary N) is 2. The standard InChI is InChI=1S/C17H24N6O3/c1-4-23-15-14(9-12(10-18-15)17(25)20-19-11(2)24)16(21-23)22(3)13-5-7-26-8-6-13/h9-10,13H,4-8H2,1-3H3,(H,19,24)(H,20,25). The largest absolute Gasteiger partial charge is 0.381 e. The molecule has 3 heterocycles. The second-order valence-electron chi connectivity index (χ2n) is 6.32. The number of carbonyl (C=O) groups excluding carboxylic acids is 2. The van der Waals surface area contributed by atoms with Gasteiger partial charge in [-0.15, -0.1) is 0 Å². The Hall–Kier alpha value is -2.68. The van der Waals surface area contributed by atoms with Gasteiger partial charge in [0.05, 0.1) is 10.9 Å². The number of fused-ring (bicyclic) bond motifs is 1. The molecule has 0 aliphatic carbocycles. The first-order chi connectivity index (χ1) is 12.5. The summed E-state index contributed by atoms with van der Waals surface area (Å²) >= 11 is 0. The first-order valence-electron chi connectivity index (χ1n) is 8.75. The topological polar surface area (TPSA) is 101 Å². The van der Waals surface area contributed by atoms with Crippen LogP contribution >= 0.6 is 0 Å². The summed E-state index contributed by atoms with van der Waals surface area (Å²) in [6, 6.07) is 2.10. The van der Waals surface area contributed by atoms with Gasteiger partial charge in [-0.2, -0.15) is 5.10 Å². The van der Waals surface area contributed by atoms with Crippen LogP contribution in [-0.4, -0.2) is 52.9 Å². The minimum Gasteiger partial charge on any atom is -0.381 e. The highest BCUT2D eigenvalue weighted by atomic mass is 16.5. The highest BCUT2D eigenvalue weighted by Crippen LogP contribution is 2.28. The van der Waals surface area contributed by atoms with Crippen molar-refractivity contribution in [3.05, 3.63) is 17.8 Å². The van der Waals surface area contributed by atoms with Crippen molar-refractivity contribution in [3.63, 3.8) is 0 Å². The zero-order chi connectivity index (χ0) is 18.7. The average molecular weight is 360 g/mol. The van der Waals surface area contributed by atoms with Crippen molar-refractivity contribution < 1.29 is 14.3 Å². The molecular formula is C17H24N6O3. The second-order valence-corrected chi connectivity index (χ2v) is 6.32. The van der Waals surface area contributed by atoms with Crippen molar-refractivity contribution in [2.45, 2.75) is 39.3 Å². The Morgan fingerprint density at radius 1 is 1.35 bits per heavy atom. The van der Waals surface area contributed by atoms with Gasteiger partial charge >= 0.3 is 0 Å². The number of ether oxygens (including phenoxy) is 1. The number of aromatic nitrogens is 3. The summed E-state index contributed by atoms with van der Waals surface area (Å²) in [5, 5.41) is 5.51. The minimum absolute atomic E-state index is 0.337. The quantitative estimate of drug-likeness (QED) is 0.784. The number of aryl methyl sites for hydroxylation is 1. The average Bonchev–Trinajstić information content (AvgIpc) is 3.04. The first-order valence-corrected chi connectivity index (χ1v) is 8.75. The van der Waals surface area contributed by atoms with Crippen molar-refractivity contribution in [2.75, 3.05) is 25.2 Å². The van der Waals surface area contributed by atoms with E-state index in [4.69, 9.17) is 9.84 Å². The van der Waals surface area contributed by atoms with Crippen molar-refractivity contribution in [2.24, 2.45) is 0 Å². The monoisotopic (exact) mass is 360 g/mol. The van der Waals surface area contributed by atoms with Gasteiger partial charge in [0.25, 0.3) is 5.91 Å². The van der Waals surface area contributed by atoms with E-state index < -0.39 is 5.91 Å². The Morgan fingerprint density at radius 2 is 2.08 bits per heavy atom. The molecule has 0 aromatic carbocycles. The number of carbonyl (C=O) groups is 2. The van der Waals surface area contributed by atoms with Gasteiger partial charge in [-0.1, -0.05) is 0 Å². The maximum atomic E-state index is 12.2. The highest BCUT2D eigenvalue weighted by molar-refractivity contribution is 5.99. The molecule has 1 aliphatic rings. The van der Waals surface area contributed by atoms with E-state index in [2.05, 4.69) is 20.7 Å². The summed E-state index contributed by atoms with van der Waals surface area (Å²) in [5.41, 5.74) is 5.74. The van der Waals surface area contributed by atoms with Crippen LogP contribution in [0.4, 0.5) is 5.82 Å². The molecule has 2 amide bonds. The Bertz CT molecular complexity index is 812. The third kappa shape index (κ3) is 3.62. The van der Waals surface area contributed by atoms with Crippen LogP contribution in [0.25, 0.3) is 11.0 Å². The molecule has 1 aliphatic heterocycles. The van der Waals surface area contributed by atoms with E-state index in [1.165, 1.54) is 13.1 Å². The third-order valence-corrected chi connectivity index (χ3v) is 4.55. The summed E-state index contributed by atoms with van der Waals surface area (Å²) in [6.45, 7) is 5.49. The van der Waals surface area contributed by atoms with Crippen LogP contribution in [0.2, 0.25) is 0 Å². The fraction of sp³-hybridized carbons (Fsp3) is 0.529. The lowest BCUT2D eigenvalue weighted by Gasteiger charge is -2.31. The Labute approximate surface area is 151 Å². The van der Waals surface area contributed by atoms with E-state index in [-0.39, 0.29) is 5.91 Å². The van der Waals surface area contributed by atoms with E-state index >= 15 is 0 Å². The first kappa shape index (κ1) is 18.1. The number of rotatable bonds is 4. The van der Waals surface area contributed by atoms with Gasteiger partial charge in [0, 0.05) is 46.0 Å². The smallest absolute Gasteiger partial charge is 0.271 e. The predicted octanol–water partition coefficient (Wildman–Crippen LogP) is 0.847. The maximum absolute atomic E-state index is 12.2. The van der Waals surface area contributed by atoms with Crippen LogP contribution in [0, 0.1) is 0 Å². The lowest BCUT2D eigenvalue weighted by atomic mass is 10.1. The van der Waals surface area contributed by atoms with Gasteiger partial charge in [-0.3, -0.25) is 20.4 Å². The fourth-order valence-electron chi connectivity index (χ4n) is 3.11. The number of hydrogen-bond acceptors (Lipinski definition) is 6. The SMILES string of the molecule is CCn1nc(N(C)C2CCOCC2)c2cc(C(=O)NNC(C)=O)cnc21. The van der Waals surface area contributed by atoms with E-state index in [0.717, 1.165) is 42.9 Å². The van der Waals surface area contributed by atoms with Crippen molar-refractivity contribution in [1.29, 1.82) is 0 Å². The number of anilines is 1. The van der Waals surface area contributed by atoms with Gasteiger partial charge < -0.3 is 9.64 Å². The molecule has 0 atom stereocenters. The van der Waals surface area contributed by atoms with Crippen LogP contribution < -0.4 is 15.8 Å². The molecule has 2 aromatic rings. The molecule has 9 nitrogen and oxygen atoms in total. The van der Waals surface area contributed by atoms with Crippen LogP contribution in [0.3, 0.4) is 0 Å². The summed E-state index contributed by atoms with van der Waals surface area (Å²) in [4.78, 5) is 29.8. The zero-order valence-corrected chi connectivity index (χ0v) is 15.3. The molecule has 1 saturated heterocycles. The van der Waals surface area contributed by atoms with Crippen LogP contribution in [-0.2, 0) is 16.1 Å². The van der Waals surface area contributed by atoms with Crippen LogP contribution in [0.5, 0.6) is 0 Å². The minimum atomic E-state index is -0.418. The van der Waals surface area contributed by atoms with Crippen molar-refractivity contribution >= 4 is 28.7 Å². The molecular weight excluding hydrogens is 336 g/mol. The van der Waals surface area contributed by atoms with Gasteiger partial charge in [0.15, 0.2) is 11.5 Å². The zero-order valence-electron chi connectivity index (χ0n) is 15.3. The number of nitrogens with zero attached hydrogens (tertiary/aromatic N) is 4. The summed E-state index contributed by atoms with van der Waals surface area (Å²) in [7, 11) is 2.02. The van der Waals surface area contributed by atoms with Crippen LogP contribution in [0.1, 0.15) is 37.0 Å². The lowest BCUT2D eigenvalue weighted by Crippen LogP contribution is -2.40. The van der Waals surface area contributed by atoms with Crippen molar-refractivity contribution in [3.8, 4) is 0 Å². The van der Waals surface area contributed by atoms with Gasteiger partial charge in [-0.05, 0) is 25.8 Å². The van der Waals surface area contributed by atoms with Gasteiger partial charge in [-0.25, -0.2) is 9.67 Å². The molecule has 0 spiro atoms. The summed E-state index contributed by atoms with van der Waals surface area (Å²) in [5.74, 6) is 0.0417. The lowest BCUT2D eigenvalue weighted by molar-refractivity contribution is -0.119. The Morgan fingerprint density at radius 3 is 2.73 bits per heavy atom. The summed E-state index contributed by atoms with van der Waals surface area (Å²) in [6.07, 6.45) is 3.37. The fourth-order valence-corrected chi connectivity index (χ4v) is 3.11. The van der Waals surface area contributed by atoms with E-state index in [1.54, 1.807) is 6.07 Å². The number of hydrazine groups is 1. The van der Waals surface area contributed by atoms with Gasteiger partial charge in [0.1, 0.15) is 0 Å². The van der Waals surface area contributed by atoms with Crippen LogP contribution in [0.15, 0.2) is 12.3 Å². The van der Waals surface area contributed by atoms with Gasteiger partial charge in [0.2, 0.25) is 5.91 Å². The summed E-state index contributed by atoms with van der Waals surface area (Å²) < 4.78 is 7.27. The molecule has 0 unspecified atom stereocenters. The van der Waals surface area contributed by atoms with E-state index in [0.29, 0.717) is 18.2 Å². The maximum Gasteiger partial charge on any atom is 0.271 e. The molecule has 9 heteroatoms. The van der Waals surface area contributed by atoms with Crippen molar-refractivity contribution in [1.82, 2.24) is 25.6 Å². The molecule has 3 rings (SSSR count). The molecule has 140 valence electrons. The van der Waals surface area contributed by atoms with E-state index in [1.807, 2.05) is 18.7 Å². The normalized spacial score (nSPS) is 15.0. The highest BCUT2D eigenvalue weighted by Gasteiger charge is 2.24. The Balaban J connectivity index is 1.95. The molecule has 1 fully saturated rings. The number of hydrogen-bond donors (Lipinski definition) is 2. The number of pyridine rings is 1. The third-order valence-electron chi connectivity index (χ3n) is 4.55.